The summed E-state index contributed by atoms with van der Waals surface area (Å²) in [5.41, 5.74) is 0.840. The van der Waals surface area contributed by atoms with Crippen molar-refractivity contribution in [2.75, 3.05) is 18.1 Å². The molecule has 0 aromatic heterocycles. The van der Waals surface area contributed by atoms with Crippen LogP contribution in [-0.4, -0.2) is 39.8 Å². The maximum absolute atomic E-state index is 13.0. The molecule has 0 radical (unpaired) electrons. The molecule has 1 aliphatic heterocycles. The number of benzene rings is 2. The molecule has 1 heterocycles. The van der Waals surface area contributed by atoms with Crippen molar-refractivity contribution in [3.63, 3.8) is 0 Å². The fourth-order valence-corrected chi connectivity index (χ4v) is 3.09. The molecule has 1 saturated heterocycles. The summed E-state index contributed by atoms with van der Waals surface area (Å²) in [6, 6.07) is 11.2. The molecule has 2 aromatic rings. The summed E-state index contributed by atoms with van der Waals surface area (Å²) in [5.74, 6) is -0.382. The van der Waals surface area contributed by atoms with E-state index in [0.717, 1.165) is 0 Å². The second-order valence-electron chi connectivity index (χ2n) is 6.60. The van der Waals surface area contributed by atoms with Gasteiger partial charge in [0.1, 0.15) is 6.67 Å². The number of rotatable bonds is 7. The zero-order valence-corrected chi connectivity index (χ0v) is 15.4. The lowest BCUT2D eigenvalue weighted by Crippen LogP contribution is -2.43. The minimum absolute atomic E-state index is 0.0307. The van der Waals surface area contributed by atoms with Crippen molar-refractivity contribution >= 4 is 28.9 Å². The average Bonchev–Trinajstić information content (AvgIpc) is 3.11. The van der Waals surface area contributed by atoms with E-state index < -0.39 is 9.85 Å². The van der Waals surface area contributed by atoms with E-state index >= 15 is 0 Å². The smallest absolute Gasteiger partial charge is 0.269 e. The third kappa shape index (κ3) is 4.72. The molecule has 3 rings (SSSR count). The van der Waals surface area contributed by atoms with E-state index in [4.69, 9.17) is 0 Å². The van der Waals surface area contributed by atoms with Gasteiger partial charge in [0.05, 0.1) is 16.3 Å². The number of nitro groups is 2. The maximum atomic E-state index is 13.0. The molecule has 0 atom stereocenters. The Morgan fingerprint density at radius 1 is 0.966 bits per heavy atom. The molecular weight excluding hydrogens is 380 g/mol. The van der Waals surface area contributed by atoms with Crippen molar-refractivity contribution in [3.8, 4) is 0 Å². The SMILES string of the molecule is O=C1CCCN1CN(C(=O)Cc1ccc([N+](=O)[O-])cc1)c1ccc([N+](=O)[O-])cc1. The Hall–Kier alpha value is -3.82. The first-order valence-corrected chi connectivity index (χ1v) is 8.91. The fraction of sp³-hybridized carbons (Fsp3) is 0.263. The van der Waals surface area contributed by atoms with Gasteiger partial charge in [0.25, 0.3) is 11.4 Å². The summed E-state index contributed by atoms with van der Waals surface area (Å²) < 4.78 is 0. The van der Waals surface area contributed by atoms with Crippen LogP contribution in [0.5, 0.6) is 0 Å². The van der Waals surface area contributed by atoms with Gasteiger partial charge in [0.2, 0.25) is 11.8 Å². The summed E-state index contributed by atoms with van der Waals surface area (Å²) >= 11 is 0. The van der Waals surface area contributed by atoms with E-state index in [0.29, 0.717) is 30.6 Å². The maximum Gasteiger partial charge on any atom is 0.269 e. The molecule has 0 N–H and O–H groups in total. The Balaban J connectivity index is 1.82. The predicted octanol–water partition coefficient (Wildman–Crippen LogP) is 2.66. The van der Waals surface area contributed by atoms with E-state index in [-0.39, 0.29) is 36.3 Å². The quantitative estimate of drug-likeness (QED) is 0.521. The number of non-ortho nitro benzene ring substituents is 2. The van der Waals surface area contributed by atoms with Crippen LogP contribution in [0.3, 0.4) is 0 Å². The molecule has 0 spiro atoms. The third-order valence-corrected chi connectivity index (χ3v) is 4.66. The Kier molecular flexibility index (Phi) is 5.82. The first-order chi connectivity index (χ1) is 13.8. The van der Waals surface area contributed by atoms with Gasteiger partial charge in [-0.05, 0) is 24.1 Å². The highest BCUT2D eigenvalue weighted by Crippen LogP contribution is 2.23. The van der Waals surface area contributed by atoms with Crippen molar-refractivity contribution < 1.29 is 19.4 Å². The molecule has 10 nitrogen and oxygen atoms in total. The van der Waals surface area contributed by atoms with Crippen LogP contribution in [0.15, 0.2) is 48.5 Å². The second kappa shape index (κ2) is 8.46. The second-order valence-corrected chi connectivity index (χ2v) is 6.60. The van der Waals surface area contributed by atoms with Gasteiger partial charge in [-0.1, -0.05) is 12.1 Å². The van der Waals surface area contributed by atoms with Gasteiger partial charge < -0.3 is 4.90 Å². The number of nitrogens with zero attached hydrogens (tertiary/aromatic N) is 4. The number of carbonyl (C=O) groups excluding carboxylic acids is 2. The molecule has 10 heteroatoms. The fourth-order valence-electron chi connectivity index (χ4n) is 3.09. The summed E-state index contributed by atoms with van der Waals surface area (Å²) in [7, 11) is 0. The number of nitro benzene ring substituents is 2. The predicted molar refractivity (Wildman–Crippen MR) is 103 cm³/mol. The van der Waals surface area contributed by atoms with E-state index in [1.54, 1.807) is 4.90 Å². The van der Waals surface area contributed by atoms with Gasteiger partial charge >= 0.3 is 0 Å². The lowest BCUT2D eigenvalue weighted by Gasteiger charge is -2.28. The summed E-state index contributed by atoms with van der Waals surface area (Å²) in [5, 5.41) is 21.7. The molecule has 2 aromatic carbocycles. The van der Waals surface area contributed by atoms with Crippen LogP contribution < -0.4 is 4.90 Å². The summed E-state index contributed by atoms with van der Waals surface area (Å²) in [4.78, 5) is 48.5. The monoisotopic (exact) mass is 398 g/mol. The first kappa shape index (κ1) is 19.9. The molecule has 0 bridgehead atoms. The van der Waals surface area contributed by atoms with Gasteiger partial charge in [-0.3, -0.25) is 34.7 Å². The number of anilines is 1. The molecule has 0 unspecified atom stereocenters. The molecular formula is C19H18N4O6. The van der Waals surface area contributed by atoms with E-state index in [2.05, 4.69) is 0 Å². The van der Waals surface area contributed by atoms with Crippen molar-refractivity contribution in [3.05, 3.63) is 74.3 Å². The van der Waals surface area contributed by atoms with Crippen molar-refractivity contribution in [2.45, 2.75) is 19.3 Å². The Bertz CT molecular complexity index is 942. The molecule has 29 heavy (non-hydrogen) atoms. The molecule has 0 saturated carbocycles. The van der Waals surface area contributed by atoms with Crippen molar-refractivity contribution in [1.29, 1.82) is 0 Å². The Morgan fingerprint density at radius 2 is 1.52 bits per heavy atom. The number of amides is 2. The van der Waals surface area contributed by atoms with Crippen molar-refractivity contribution in [1.82, 2.24) is 4.90 Å². The van der Waals surface area contributed by atoms with E-state index in [1.807, 2.05) is 0 Å². The summed E-state index contributed by atoms with van der Waals surface area (Å²) in [6.45, 7) is 0.579. The average molecular weight is 398 g/mol. The van der Waals surface area contributed by atoms with Crippen LogP contribution in [0.4, 0.5) is 17.1 Å². The molecule has 1 fully saturated rings. The van der Waals surface area contributed by atoms with Crippen LogP contribution >= 0.6 is 0 Å². The van der Waals surface area contributed by atoms with Gasteiger partial charge in [-0.25, -0.2) is 0 Å². The van der Waals surface area contributed by atoms with Crippen LogP contribution in [0, 0.1) is 20.2 Å². The standard InChI is InChI=1S/C19H18N4O6/c24-18-2-1-11-20(18)13-21(15-7-9-17(10-8-15)23(28)29)19(25)12-14-3-5-16(6-4-14)22(26)27/h3-10H,1-2,11-13H2. The third-order valence-electron chi connectivity index (χ3n) is 4.66. The topological polar surface area (TPSA) is 127 Å². The number of hydrogen-bond donors (Lipinski definition) is 0. The largest absolute Gasteiger partial charge is 0.324 e. The van der Waals surface area contributed by atoms with Crippen molar-refractivity contribution in [2.24, 2.45) is 0 Å². The zero-order chi connectivity index (χ0) is 21.0. The van der Waals surface area contributed by atoms with Gasteiger partial charge in [0.15, 0.2) is 0 Å². The van der Waals surface area contributed by atoms with E-state index in [1.165, 1.54) is 53.4 Å². The normalized spacial score (nSPS) is 13.4. The lowest BCUT2D eigenvalue weighted by molar-refractivity contribution is -0.385. The van der Waals surface area contributed by atoms with Crippen LogP contribution in [0.25, 0.3) is 0 Å². The highest BCUT2D eigenvalue weighted by Gasteiger charge is 2.26. The van der Waals surface area contributed by atoms with Gasteiger partial charge in [0, 0.05) is 42.9 Å². The molecule has 150 valence electrons. The molecule has 1 aliphatic rings. The van der Waals surface area contributed by atoms with Gasteiger partial charge in [-0.15, -0.1) is 0 Å². The Morgan fingerprint density at radius 3 is 2.00 bits per heavy atom. The van der Waals surface area contributed by atoms with Crippen LogP contribution in [-0.2, 0) is 16.0 Å². The minimum atomic E-state index is -0.531. The highest BCUT2D eigenvalue weighted by molar-refractivity contribution is 5.95. The van der Waals surface area contributed by atoms with Crippen LogP contribution in [0.2, 0.25) is 0 Å². The summed E-state index contributed by atoms with van der Waals surface area (Å²) in [6.07, 6.45) is 1.10. The number of likely N-dealkylation sites (tertiary alicyclic amines) is 1. The highest BCUT2D eigenvalue weighted by atomic mass is 16.6. The lowest BCUT2D eigenvalue weighted by atomic mass is 10.1. The number of carbonyl (C=O) groups is 2. The van der Waals surface area contributed by atoms with Gasteiger partial charge in [-0.2, -0.15) is 0 Å². The number of hydrogen-bond acceptors (Lipinski definition) is 6. The molecule has 2 amide bonds. The first-order valence-electron chi connectivity index (χ1n) is 8.91. The molecule has 0 aliphatic carbocycles. The zero-order valence-electron chi connectivity index (χ0n) is 15.4. The minimum Gasteiger partial charge on any atom is -0.324 e. The van der Waals surface area contributed by atoms with Crippen LogP contribution in [0.1, 0.15) is 18.4 Å². The van der Waals surface area contributed by atoms with E-state index in [9.17, 15) is 29.8 Å². The Labute approximate surface area is 165 Å².